The second-order valence-corrected chi connectivity index (χ2v) is 1.81. The molecule has 1 atom stereocenters. The van der Waals surface area contributed by atoms with Gasteiger partial charge in [-0.05, 0) is 13.8 Å². The van der Waals surface area contributed by atoms with Crippen molar-refractivity contribution in [2.24, 2.45) is 0 Å². The van der Waals surface area contributed by atoms with Crippen molar-refractivity contribution in [1.29, 1.82) is 0 Å². The van der Waals surface area contributed by atoms with E-state index in [0.717, 1.165) is 5.54 Å². The Morgan fingerprint density at radius 1 is 1.89 bits per heavy atom. The zero-order valence-corrected chi connectivity index (χ0v) is 6.28. The van der Waals surface area contributed by atoms with E-state index in [9.17, 15) is 4.39 Å². The van der Waals surface area contributed by atoms with Gasteiger partial charge in [-0.15, -0.1) is 0 Å². The zero-order chi connectivity index (χ0) is 7.28. The predicted molar refractivity (Wildman–Crippen MR) is 36.1 cm³/mol. The molecule has 0 aliphatic rings. The molecule has 0 aromatic carbocycles. The third kappa shape index (κ3) is 3.49. The lowest BCUT2D eigenvalue weighted by Gasteiger charge is -2.06. The highest BCUT2D eigenvalue weighted by Crippen LogP contribution is 2.08. The Hall–Kier alpha value is -0.0800. The van der Waals surface area contributed by atoms with E-state index in [1.165, 1.54) is 0 Å². The highest BCUT2D eigenvalue weighted by Gasteiger charge is 2.05. The second kappa shape index (κ2) is 4.77. The van der Waals surface area contributed by atoms with Gasteiger partial charge in [-0.3, -0.25) is 0 Å². The van der Waals surface area contributed by atoms with Crippen LogP contribution in [0.15, 0.2) is 11.4 Å². The van der Waals surface area contributed by atoms with E-state index in [1.54, 1.807) is 13.8 Å². The average molecular weight is 153 g/mol. The van der Waals surface area contributed by atoms with Crippen LogP contribution in [0.5, 0.6) is 0 Å². The molecule has 0 heterocycles. The summed E-state index contributed by atoms with van der Waals surface area (Å²) in [4.78, 5) is 0. The molecule has 0 rings (SSSR count). The standard InChI is InChI=1S/C6H10ClFO/c1-3-9-5(2)6(8)4-7/h4-5H,3H2,1-2H3. The minimum absolute atomic E-state index is 0.432. The van der Waals surface area contributed by atoms with Crippen molar-refractivity contribution in [2.45, 2.75) is 20.0 Å². The lowest BCUT2D eigenvalue weighted by molar-refractivity contribution is 0.0857. The maximum atomic E-state index is 12.3. The van der Waals surface area contributed by atoms with E-state index in [0.29, 0.717) is 6.61 Å². The van der Waals surface area contributed by atoms with E-state index in [4.69, 9.17) is 16.3 Å². The lowest BCUT2D eigenvalue weighted by Crippen LogP contribution is -2.07. The van der Waals surface area contributed by atoms with Gasteiger partial charge in [0.05, 0.1) is 0 Å². The van der Waals surface area contributed by atoms with Gasteiger partial charge in [-0.2, -0.15) is 0 Å². The van der Waals surface area contributed by atoms with Gasteiger partial charge >= 0.3 is 0 Å². The van der Waals surface area contributed by atoms with Crippen LogP contribution < -0.4 is 0 Å². The molecule has 54 valence electrons. The molecule has 0 aliphatic carbocycles. The van der Waals surface area contributed by atoms with Crippen LogP contribution in [0.1, 0.15) is 13.8 Å². The maximum Gasteiger partial charge on any atom is 0.140 e. The minimum atomic E-state index is -0.507. The monoisotopic (exact) mass is 152 g/mol. The minimum Gasteiger partial charge on any atom is -0.372 e. The van der Waals surface area contributed by atoms with Crippen LogP contribution in [0.25, 0.3) is 0 Å². The fourth-order valence-corrected chi connectivity index (χ4v) is 0.596. The summed E-state index contributed by atoms with van der Waals surface area (Å²) in [7, 11) is 0. The molecule has 0 aromatic heterocycles. The fraction of sp³-hybridized carbons (Fsp3) is 0.667. The SMILES string of the molecule is CCOC(C)C(F)=CCl. The lowest BCUT2D eigenvalue weighted by atomic mass is 10.4. The van der Waals surface area contributed by atoms with Crippen molar-refractivity contribution < 1.29 is 9.13 Å². The summed E-state index contributed by atoms with van der Waals surface area (Å²) in [6.07, 6.45) is -0.507. The molecule has 0 radical (unpaired) electrons. The molecule has 9 heavy (non-hydrogen) atoms. The van der Waals surface area contributed by atoms with Crippen LogP contribution in [0.2, 0.25) is 0 Å². The first-order valence-corrected chi connectivity index (χ1v) is 3.23. The summed E-state index contributed by atoms with van der Waals surface area (Å²) in [5.74, 6) is -0.432. The topological polar surface area (TPSA) is 9.23 Å². The Morgan fingerprint density at radius 2 is 2.44 bits per heavy atom. The van der Waals surface area contributed by atoms with Crippen molar-refractivity contribution in [3.63, 3.8) is 0 Å². The first-order valence-electron chi connectivity index (χ1n) is 2.79. The van der Waals surface area contributed by atoms with Crippen molar-refractivity contribution in [2.75, 3.05) is 6.61 Å². The summed E-state index contributed by atoms with van der Waals surface area (Å²) >= 11 is 5.07. The van der Waals surface area contributed by atoms with Crippen LogP contribution in [0.3, 0.4) is 0 Å². The molecule has 0 fully saturated rings. The number of hydrogen-bond donors (Lipinski definition) is 0. The molecular formula is C6H10ClFO. The Morgan fingerprint density at radius 3 is 2.78 bits per heavy atom. The Bertz CT molecular complexity index is 103. The van der Waals surface area contributed by atoms with Crippen LogP contribution in [-0.2, 0) is 4.74 Å². The van der Waals surface area contributed by atoms with Crippen LogP contribution in [0, 0.1) is 0 Å². The number of rotatable bonds is 3. The Labute approximate surface area is 59.5 Å². The number of ether oxygens (including phenoxy) is 1. The van der Waals surface area contributed by atoms with Gasteiger partial charge in [-0.1, -0.05) is 11.6 Å². The summed E-state index contributed by atoms with van der Waals surface area (Å²) in [5, 5.41) is 0. The van der Waals surface area contributed by atoms with E-state index in [-0.39, 0.29) is 0 Å². The first kappa shape index (κ1) is 8.92. The van der Waals surface area contributed by atoms with Crippen molar-refractivity contribution >= 4 is 11.6 Å². The van der Waals surface area contributed by atoms with Gasteiger partial charge in [0, 0.05) is 12.1 Å². The molecule has 0 aromatic rings. The van der Waals surface area contributed by atoms with E-state index in [2.05, 4.69) is 0 Å². The van der Waals surface area contributed by atoms with Gasteiger partial charge in [0.25, 0.3) is 0 Å². The largest absolute Gasteiger partial charge is 0.372 e. The van der Waals surface area contributed by atoms with E-state index in [1.807, 2.05) is 0 Å². The molecule has 0 spiro atoms. The highest BCUT2D eigenvalue weighted by molar-refractivity contribution is 6.25. The molecule has 0 aliphatic heterocycles. The summed E-state index contributed by atoms with van der Waals surface area (Å²) in [6, 6.07) is 0. The number of halogens is 2. The van der Waals surface area contributed by atoms with Gasteiger partial charge in [0.1, 0.15) is 11.9 Å². The normalized spacial score (nSPS) is 15.8. The Balaban J connectivity index is 3.59. The Kier molecular flexibility index (Phi) is 4.72. The first-order chi connectivity index (χ1) is 4.22. The number of hydrogen-bond acceptors (Lipinski definition) is 1. The quantitative estimate of drug-likeness (QED) is 0.604. The molecular weight excluding hydrogens is 143 g/mol. The van der Waals surface area contributed by atoms with Gasteiger partial charge < -0.3 is 4.74 Å². The zero-order valence-electron chi connectivity index (χ0n) is 5.53. The van der Waals surface area contributed by atoms with Crippen molar-refractivity contribution in [3.05, 3.63) is 11.4 Å². The van der Waals surface area contributed by atoms with Crippen molar-refractivity contribution in [3.8, 4) is 0 Å². The second-order valence-electron chi connectivity index (χ2n) is 1.59. The average Bonchev–Trinajstić information content (AvgIpc) is 1.87. The third-order valence-electron chi connectivity index (χ3n) is 0.909. The summed E-state index contributed by atoms with van der Waals surface area (Å²) < 4.78 is 17.2. The highest BCUT2D eigenvalue weighted by atomic mass is 35.5. The molecule has 1 unspecified atom stereocenters. The third-order valence-corrected chi connectivity index (χ3v) is 1.12. The smallest absolute Gasteiger partial charge is 0.140 e. The maximum absolute atomic E-state index is 12.3. The molecule has 0 saturated heterocycles. The molecule has 3 heteroatoms. The van der Waals surface area contributed by atoms with Crippen molar-refractivity contribution in [1.82, 2.24) is 0 Å². The van der Waals surface area contributed by atoms with E-state index < -0.39 is 11.9 Å². The molecule has 0 saturated carbocycles. The van der Waals surface area contributed by atoms with Gasteiger partial charge in [-0.25, -0.2) is 4.39 Å². The molecule has 0 amide bonds. The van der Waals surface area contributed by atoms with Gasteiger partial charge in [0.2, 0.25) is 0 Å². The molecule has 0 bridgehead atoms. The van der Waals surface area contributed by atoms with Crippen LogP contribution in [-0.4, -0.2) is 12.7 Å². The summed E-state index contributed by atoms with van der Waals surface area (Å²) in [5.41, 5.74) is 0.889. The van der Waals surface area contributed by atoms with Gasteiger partial charge in [0.15, 0.2) is 0 Å². The van der Waals surface area contributed by atoms with E-state index >= 15 is 0 Å². The predicted octanol–water partition coefficient (Wildman–Crippen LogP) is 2.46. The summed E-state index contributed by atoms with van der Waals surface area (Å²) in [6.45, 7) is 3.91. The molecule has 1 nitrogen and oxygen atoms in total. The van der Waals surface area contributed by atoms with Crippen LogP contribution >= 0.6 is 11.6 Å². The van der Waals surface area contributed by atoms with Crippen LogP contribution in [0.4, 0.5) is 4.39 Å². The molecule has 0 N–H and O–H groups in total. The fourth-order valence-electron chi connectivity index (χ4n) is 0.418.